The molecule has 0 N–H and O–H groups in total. The molecule has 0 bridgehead atoms. The Morgan fingerprint density at radius 1 is 1.38 bits per heavy atom. The van der Waals surface area contributed by atoms with Gasteiger partial charge in [-0.3, -0.25) is 0 Å². The summed E-state index contributed by atoms with van der Waals surface area (Å²) in [6, 6.07) is 0. The lowest BCUT2D eigenvalue weighted by Gasteiger charge is -2.05. The Balaban J connectivity index is 2.55. The van der Waals surface area contributed by atoms with Crippen molar-refractivity contribution in [2.24, 2.45) is 5.92 Å². The maximum atomic E-state index is 12.7. The zero-order valence-electron chi connectivity index (χ0n) is 9.32. The summed E-state index contributed by atoms with van der Waals surface area (Å²) in [5.74, 6) is 0.172. The van der Waals surface area contributed by atoms with Crippen LogP contribution in [0.5, 0.6) is 0 Å². The molecule has 0 aliphatic heterocycles. The number of fused-ring (bicyclic) bond motifs is 1. The van der Waals surface area contributed by atoms with Gasteiger partial charge in [0.15, 0.2) is 5.82 Å². The predicted octanol–water partition coefficient (Wildman–Crippen LogP) is 3.52. The summed E-state index contributed by atoms with van der Waals surface area (Å²) >= 11 is 0. The van der Waals surface area contributed by atoms with Gasteiger partial charge in [0.1, 0.15) is 0 Å². The number of imidazole rings is 1. The van der Waals surface area contributed by atoms with E-state index in [4.69, 9.17) is 0 Å². The molecule has 86 valence electrons. The predicted molar refractivity (Wildman–Crippen MR) is 60.1 cm³/mol. The highest BCUT2D eigenvalue weighted by molar-refractivity contribution is 5.63. The van der Waals surface area contributed by atoms with Crippen molar-refractivity contribution in [2.75, 3.05) is 0 Å². The van der Waals surface area contributed by atoms with Crippen molar-refractivity contribution in [3.05, 3.63) is 29.4 Å². The summed E-state index contributed by atoms with van der Waals surface area (Å²) in [5, 5.41) is 0. The number of alkyl halides is 2. The normalized spacial score (nSPS) is 18.9. The zero-order valence-corrected chi connectivity index (χ0v) is 9.32. The molecule has 4 heteroatoms. The van der Waals surface area contributed by atoms with Gasteiger partial charge in [0.05, 0.1) is 11.4 Å². The molecule has 1 atom stereocenters. The average molecular weight is 224 g/mol. The summed E-state index contributed by atoms with van der Waals surface area (Å²) in [6.45, 7) is 4.40. The molecule has 0 spiro atoms. The lowest BCUT2D eigenvalue weighted by atomic mass is 10.2. The van der Waals surface area contributed by atoms with Gasteiger partial charge >= 0.3 is 0 Å². The minimum Gasteiger partial charge on any atom is -0.323 e. The first-order chi connectivity index (χ1) is 7.63. The first-order valence-electron chi connectivity index (χ1n) is 5.38. The van der Waals surface area contributed by atoms with Crippen molar-refractivity contribution in [2.45, 2.75) is 26.8 Å². The van der Waals surface area contributed by atoms with Crippen LogP contribution in [0.4, 0.5) is 8.78 Å². The van der Waals surface area contributed by atoms with E-state index in [9.17, 15) is 8.78 Å². The maximum Gasteiger partial charge on any atom is 0.295 e. The van der Waals surface area contributed by atoms with Crippen LogP contribution in [0.15, 0.2) is 12.2 Å². The maximum absolute atomic E-state index is 12.7. The fraction of sp³-hybridized carbons (Fsp3) is 0.417. The molecule has 0 radical (unpaired) electrons. The van der Waals surface area contributed by atoms with E-state index >= 15 is 0 Å². The third-order valence-corrected chi connectivity index (χ3v) is 2.69. The standard InChI is InChI=1S/C12H14F2N2/c1-3-16-10-7-5-8(2)4-6-9(10)15-12(16)11(13)14/h4-8,11H,3H2,1-2H3. The van der Waals surface area contributed by atoms with Crippen LogP contribution in [0.2, 0.25) is 0 Å². The van der Waals surface area contributed by atoms with E-state index in [0.717, 1.165) is 5.69 Å². The van der Waals surface area contributed by atoms with Crippen molar-refractivity contribution in [1.29, 1.82) is 0 Å². The molecule has 1 aromatic rings. The quantitative estimate of drug-likeness (QED) is 0.751. The monoisotopic (exact) mass is 224 g/mol. The van der Waals surface area contributed by atoms with Crippen LogP contribution in [-0.2, 0) is 6.54 Å². The third kappa shape index (κ3) is 1.79. The van der Waals surface area contributed by atoms with E-state index in [-0.39, 0.29) is 5.82 Å². The Labute approximate surface area is 93.3 Å². The van der Waals surface area contributed by atoms with Gasteiger partial charge in [-0.2, -0.15) is 0 Å². The van der Waals surface area contributed by atoms with Crippen molar-refractivity contribution in [1.82, 2.24) is 9.55 Å². The van der Waals surface area contributed by atoms with E-state index in [1.165, 1.54) is 0 Å². The Morgan fingerprint density at radius 3 is 2.69 bits per heavy atom. The van der Waals surface area contributed by atoms with E-state index in [2.05, 4.69) is 4.98 Å². The van der Waals surface area contributed by atoms with E-state index in [1.807, 2.05) is 38.2 Å². The molecule has 0 saturated heterocycles. The molecular formula is C12H14F2N2. The van der Waals surface area contributed by atoms with E-state index < -0.39 is 6.43 Å². The van der Waals surface area contributed by atoms with Gasteiger partial charge in [-0.1, -0.05) is 19.1 Å². The van der Waals surface area contributed by atoms with Crippen LogP contribution in [0, 0.1) is 5.92 Å². The van der Waals surface area contributed by atoms with Gasteiger partial charge in [-0.15, -0.1) is 0 Å². The zero-order chi connectivity index (χ0) is 11.7. The lowest BCUT2D eigenvalue weighted by Crippen LogP contribution is -2.03. The number of nitrogens with zero attached hydrogens (tertiary/aromatic N) is 2. The lowest BCUT2D eigenvalue weighted by molar-refractivity contribution is 0.135. The fourth-order valence-corrected chi connectivity index (χ4v) is 1.85. The smallest absolute Gasteiger partial charge is 0.295 e. The average Bonchev–Trinajstić information content (AvgIpc) is 2.51. The van der Waals surface area contributed by atoms with Crippen molar-refractivity contribution < 1.29 is 8.78 Å². The Bertz CT molecular complexity index is 444. The summed E-state index contributed by atoms with van der Waals surface area (Å²) in [5.41, 5.74) is 1.41. The van der Waals surface area contributed by atoms with Gasteiger partial charge in [0.25, 0.3) is 6.43 Å². The van der Waals surface area contributed by atoms with E-state index in [0.29, 0.717) is 18.2 Å². The summed E-state index contributed by atoms with van der Waals surface area (Å²) in [6.07, 6.45) is 5.13. The van der Waals surface area contributed by atoms with Crippen LogP contribution in [0.1, 0.15) is 37.5 Å². The van der Waals surface area contributed by atoms with Gasteiger partial charge in [0, 0.05) is 6.54 Å². The number of halogens is 2. The highest BCUT2D eigenvalue weighted by atomic mass is 19.3. The Morgan fingerprint density at radius 2 is 2.06 bits per heavy atom. The summed E-state index contributed by atoms with van der Waals surface area (Å²) in [7, 11) is 0. The summed E-state index contributed by atoms with van der Waals surface area (Å²) < 4.78 is 27.1. The number of hydrogen-bond acceptors (Lipinski definition) is 1. The highest BCUT2D eigenvalue weighted by Crippen LogP contribution is 2.26. The molecule has 0 fully saturated rings. The number of aromatic nitrogens is 2. The molecule has 2 nitrogen and oxygen atoms in total. The van der Waals surface area contributed by atoms with Crippen LogP contribution in [-0.4, -0.2) is 9.55 Å². The molecule has 0 saturated carbocycles. The molecule has 1 aromatic heterocycles. The first kappa shape index (κ1) is 11.0. The number of hydrogen-bond donors (Lipinski definition) is 0. The van der Waals surface area contributed by atoms with Crippen LogP contribution < -0.4 is 0 Å². The Hall–Kier alpha value is -1.45. The van der Waals surface area contributed by atoms with Crippen LogP contribution >= 0.6 is 0 Å². The first-order valence-corrected chi connectivity index (χ1v) is 5.38. The Kier molecular flexibility index (Phi) is 2.90. The second-order valence-corrected chi connectivity index (χ2v) is 3.86. The van der Waals surface area contributed by atoms with Gasteiger partial charge in [-0.25, -0.2) is 13.8 Å². The van der Waals surface area contributed by atoms with Gasteiger partial charge in [-0.05, 0) is 25.0 Å². The fourth-order valence-electron chi connectivity index (χ4n) is 1.85. The molecule has 1 heterocycles. The highest BCUT2D eigenvalue weighted by Gasteiger charge is 2.20. The topological polar surface area (TPSA) is 17.8 Å². The third-order valence-electron chi connectivity index (χ3n) is 2.69. The molecule has 1 unspecified atom stereocenters. The van der Waals surface area contributed by atoms with Crippen LogP contribution in [0.3, 0.4) is 0 Å². The number of allylic oxidation sites excluding steroid dienone is 2. The van der Waals surface area contributed by atoms with Crippen molar-refractivity contribution in [3.63, 3.8) is 0 Å². The number of rotatable bonds is 2. The van der Waals surface area contributed by atoms with Crippen LogP contribution in [0.25, 0.3) is 12.2 Å². The minimum atomic E-state index is -2.52. The largest absolute Gasteiger partial charge is 0.323 e. The second kappa shape index (κ2) is 4.20. The molecular weight excluding hydrogens is 210 g/mol. The van der Waals surface area contributed by atoms with Gasteiger partial charge < -0.3 is 4.57 Å². The van der Waals surface area contributed by atoms with Crippen molar-refractivity contribution >= 4 is 12.2 Å². The molecule has 0 amide bonds. The molecule has 1 aliphatic rings. The molecule has 16 heavy (non-hydrogen) atoms. The van der Waals surface area contributed by atoms with Gasteiger partial charge in [0.2, 0.25) is 0 Å². The summed E-state index contributed by atoms with van der Waals surface area (Å²) in [4.78, 5) is 3.99. The SMILES string of the molecule is CCn1c(C(F)F)nc2c1C=CC(C)C=C2. The minimum absolute atomic E-state index is 0.142. The second-order valence-electron chi connectivity index (χ2n) is 3.86. The molecule has 1 aliphatic carbocycles. The molecule has 0 aromatic carbocycles. The molecule has 2 rings (SSSR count). The van der Waals surface area contributed by atoms with Crippen molar-refractivity contribution in [3.8, 4) is 0 Å². The van der Waals surface area contributed by atoms with E-state index in [1.54, 1.807) is 4.57 Å².